The topological polar surface area (TPSA) is 51.3 Å². The molecule has 4 heteroatoms. The van der Waals surface area contributed by atoms with E-state index in [1.165, 1.54) is 5.56 Å². The average Bonchev–Trinajstić information content (AvgIpc) is 3.18. The van der Waals surface area contributed by atoms with Crippen molar-refractivity contribution in [1.29, 1.82) is 0 Å². The number of nitrogens with one attached hydrogen (secondary N) is 1. The number of aromatic nitrogens is 1. The molecule has 0 bridgehead atoms. The molecule has 0 saturated carbocycles. The van der Waals surface area contributed by atoms with Gasteiger partial charge in [-0.25, -0.2) is 4.79 Å². The van der Waals surface area contributed by atoms with Crippen molar-refractivity contribution in [2.75, 3.05) is 6.61 Å². The minimum Gasteiger partial charge on any atom is -0.465 e. The number of hydrogen-bond acceptors (Lipinski definition) is 3. The van der Waals surface area contributed by atoms with Gasteiger partial charge in [0.25, 0.3) is 0 Å². The van der Waals surface area contributed by atoms with Crippen LogP contribution in [0, 0.1) is 12.3 Å². The van der Waals surface area contributed by atoms with E-state index in [4.69, 9.17) is 9.47 Å². The maximum absolute atomic E-state index is 12.4. The van der Waals surface area contributed by atoms with Gasteiger partial charge in [-0.2, -0.15) is 0 Å². The Hall–Kier alpha value is -2.75. The highest BCUT2D eigenvalue weighted by Gasteiger charge is 2.36. The molecule has 1 aromatic heterocycles. The van der Waals surface area contributed by atoms with Gasteiger partial charge in [0.2, 0.25) is 0 Å². The molecule has 1 aliphatic rings. The number of H-pyrrole nitrogens is 1. The van der Waals surface area contributed by atoms with Crippen LogP contribution in [0.25, 0.3) is 5.57 Å². The number of esters is 1. The number of carbonyl (C=O) groups excluding carboxylic acids is 1. The van der Waals surface area contributed by atoms with Crippen LogP contribution in [0.2, 0.25) is 0 Å². The van der Waals surface area contributed by atoms with E-state index in [-0.39, 0.29) is 11.4 Å². The summed E-state index contributed by atoms with van der Waals surface area (Å²) >= 11 is 0. The number of aryl methyl sites for hydroxylation is 1. The van der Waals surface area contributed by atoms with Gasteiger partial charge in [0.05, 0.1) is 17.9 Å². The first-order valence-electron chi connectivity index (χ1n) is 9.83. The molecule has 2 aromatic rings. The first-order valence-corrected chi connectivity index (χ1v) is 9.83. The van der Waals surface area contributed by atoms with Crippen LogP contribution in [0.5, 0.6) is 0 Å². The normalized spacial score (nSPS) is 17.4. The fraction of sp³-hybridized carbons (Fsp3) is 0.375. The van der Waals surface area contributed by atoms with Gasteiger partial charge in [-0.1, -0.05) is 57.2 Å². The maximum atomic E-state index is 12.4. The Labute approximate surface area is 167 Å². The lowest BCUT2D eigenvalue weighted by Crippen LogP contribution is -2.07. The Morgan fingerprint density at radius 3 is 2.46 bits per heavy atom. The predicted octanol–water partition coefficient (Wildman–Crippen LogP) is 5.78. The summed E-state index contributed by atoms with van der Waals surface area (Å²) in [5.41, 5.74) is 5.54. The Morgan fingerprint density at radius 1 is 1.25 bits per heavy atom. The Morgan fingerprint density at radius 2 is 1.93 bits per heavy atom. The monoisotopic (exact) mass is 379 g/mol. The molecule has 3 rings (SSSR count). The number of benzene rings is 1. The van der Waals surface area contributed by atoms with Crippen molar-refractivity contribution in [2.45, 2.75) is 47.5 Å². The molecule has 1 N–H and O–H groups in total. The third-order valence-corrected chi connectivity index (χ3v) is 5.31. The van der Waals surface area contributed by atoms with Crippen LogP contribution < -0.4 is 0 Å². The molecule has 0 unspecified atom stereocenters. The van der Waals surface area contributed by atoms with Crippen molar-refractivity contribution in [3.63, 3.8) is 0 Å². The van der Waals surface area contributed by atoms with Gasteiger partial charge >= 0.3 is 5.97 Å². The van der Waals surface area contributed by atoms with Crippen LogP contribution in [-0.2, 0) is 15.9 Å². The number of hydrogen-bond donors (Lipinski definition) is 1. The summed E-state index contributed by atoms with van der Waals surface area (Å²) in [7, 11) is 0. The minimum absolute atomic E-state index is 0.131. The summed E-state index contributed by atoms with van der Waals surface area (Å²) in [5.74, 6) is 1.35. The molecular formula is C24H29NO3. The zero-order valence-electron chi connectivity index (χ0n) is 17.4. The molecule has 0 aliphatic carbocycles. The summed E-state index contributed by atoms with van der Waals surface area (Å²) < 4.78 is 11.4. The lowest BCUT2D eigenvalue weighted by atomic mass is 9.86. The lowest BCUT2D eigenvalue weighted by molar-refractivity contribution is 0.0525. The smallest absolute Gasteiger partial charge is 0.339 e. The predicted molar refractivity (Wildman–Crippen MR) is 112 cm³/mol. The van der Waals surface area contributed by atoms with Crippen molar-refractivity contribution in [2.24, 2.45) is 5.41 Å². The number of aromatic amines is 1. The Kier molecular flexibility index (Phi) is 5.50. The second-order valence-electron chi connectivity index (χ2n) is 7.88. The largest absolute Gasteiger partial charge is 0.465 e. The van der Waals surface area contributed by atoms with Crippen LogP contribution in [0.15, 0.2) is 48.6 Å². The molecular weight excluding hydrogens is 350 g/mol. The van der Waals surface area contributed by atoms with E-state index in [1.807, 2.05) is 13.8 Å². The number of ether oxygens (including phenoxy) is 2. The van der Waals surface area contributed by atoms with E-state index in [2.05, 4.69) is 56.6 Å². The van der Waals surface area contributed by atoms with Gasteiger partial charge in [-0.15, -0.1) is 0 Å². The fourth-order valence-electron chi connectivity index (χ4n) is 3.56. The van der Waals surface area contributed by atoms with E-state index in [0.29, 0.717) is 18.6 Å². The first-order chi connectivity index (χ1) is 13.3. The molecule has 1 aromatic carbocycles. The fourth-order valence-corrected chi connectivity index (χ4v) is 3.56. The van der Waals surface area contributed by atoms with Gasteiger partial charge in [-0.3, -0.25) is 0 Å². The summed E-state index contributed by atoms with van der Waals surface area (Å²) in [6.45, 7) is 14.7. The molecule has 1 saturated heterocycles. The van der Waals surface area contributed by atoms with Gasteiger partial charge in [-0.05, 0) is 31.4 Å². The van der Waals surface area contributed by atoms with Crippen LogP contribution in [0.3, 0.4) is 0 Å². The molecule has 1 fully saturated rings. The van der Waals surface area contributed by atoms with Gasteiger partial charge in [0.1, 0.15) is 11.5 Å². The molecule has 1 aliphatic heterocycles. The van der Waals surface area contributed by atoms with Crippen molar-refractivity contribution >= 4 is 11.5 Å². The summed E-state index contributed by atoms with van der Waals surface area (Å²) in [4.78, 5) is 15.7. The number of rotatable bonds is 5. The summed E-state index contributed by atoms with van der Waals surface area (Å²) in [6, 6.07) is 8.37. The average molecular weight is 380 g/mol. The molecule has 148 valence electrons. The molecule has 0 radical (unpaired) electrons. The summed E-state index contributed by atoms with van der Waals surface area (Å²) in [6.07, 6.45) is 3.21. The zero-order valence-corrected chi connectivity index (χ0v) is 17.4. The Balaban J connectivity index is 2.20. The Bertz CT molecular complexity index is 929. The molecule has 0 amide bonds. The highest BCUT2D eigenvalue weighted by Crippen LogP contribution is 2.46. The van der Waals surface area contributed by atoms with Crippen molar-refractivity contribution < 1.29 is 14.3 Å². The van der Waals surface area contributed by atoms with E-state index in [0.717, 1.165) is 40.3 Å². The van der Waals surface area contributed by atoms with Gasteiger partial charge in [0, 0.05) is 23.6 Å². The van der Waals surface area contributed by atoms with Crippen molar-refractivity contribution in [3.8, 4) is 0 Å². The zero-order chi connectivity index (χ0) is 20.5. The summed E-state index contributed by atoms with van der Waals surface area (Å²) in [5, 5.41) is 0. The molecule has 4 nitrogen and oxygen atoms in total. The van der Waals surface area contributed by atoms with Crippen LogP contribution in [0.4, 0.5) is 0 Å². The third kappa shape index (κ3) is 3.64. The number of allylic oxidation sites excluding steroid dienone is 2. The number of carbonyl (C=O) groups is 1. The molecule has 0 spiro atoms. The molecule has 0 atom stereocenters. The molecule has 2 heterocycles. The van der Waals surface area contributed by atoms with E-state index >= 15 is 0 Å². The van der Waals surface area contributed by atoms with Gasteiger partial charge < -0.3 is 14.5 Å². The van der Waals surface area contributed by atoms with E-state index in [1.54, 1.807) is 6.20 Å². The van der Waals surface area contributed by atoms with Crippen LogP contribution in [0.1, 0.15) is 66.9 Å². The van der Waals surface area contributed by atoms with E-state index in [9.17, 15) is 4.79 Å². The SMILES string of the molecule is C=C1OC(=C(c2ccc(C)cc2)c2[nH]cc(C(=O)OCC)c2CC)CC1(C)C. The van der Waals surface area contributed by atoms with Crippen LogP contribution >= 0.6 is 0 Å². The maximum Gasteiger partial charge on any atom is 0.339 e. The van der Waals surface area contributed by atoms with Crippen molar-refractivity contribution in [1.82, 2.24) is 4.98 Å². The van der Waals surface area contributed by atoms with Crippen LogP contribution in [-0.4, -0.2) is 17.6 Å². The second kappa shape index (κ2) is 7.70. The second-order valence-corrected chi connectivity index (χ2v) is 7.88. The third-order valence-electron chi connectivity index (χ3n) is 5.31. The standard InChI is InChI=1S/C24H29NO3/c1-7-18-19(23(26)27-8-2)14-25-22(18)21(17-11-9-15(3)10-12-17)20-13-24(5,6)16(4)28-20/h9-12,14,25H,4,7-8,13H2,1-3,5-6H3. The first kappa shape index (κ1) is 20.0. The molecule has 28 heavy (non-hydrogen) atoms. The minimum atomic E-state index is -0.299. The van der Waals surface area contributed by atoms with Gasteiger partial charge in [0.15, 0.2) is 0 Å². The van der Waals surface area contributed by atoms with E-state index < -0.39 is 0 Å². The highest BCUT2D eigenvalue weighted by atomic mass is 16.5. The van der Waals surface area contributed by atoms with Crippen molar-refractivity contribution in [3.05, 3.63) is 76.5 Å². The lowest BCUT2D eigenvalue weighted by Gasteiger charge is -2.14. The highest BCUT2D eigenvalue weighted by molar-refractivity contribution is 5.94. The quantitative estimate of drug-likeness (QED) is 0.670.